The lowest BCUT2D eigenvalue weighted by atomic mass is 9.88. The Kier molecular flexibility index (Phi) is 6.73. The molecule has 2 aromatic rings. The molecule has 2 atom stereocenters. The molecule has 1 aliphatic carbocycles. The van der Waals surface area contributed by atoms with E-state index >= 15 is 0 Å². The van der Waals surface area contributed by atoms with Gasteiger partial charge in [-0.1, -0.05) is 13.0 Å². The first-order chi connectivity index (χ1) is 15.2. The summed E-state index contributed by atoms with van der Waals surface area (Å²) >= 11 is 2.57. The number of sulfonamides is 1. The van der Waals surface area contributed by atoms with Crippen molar-refractivity contribution < 1.29 is 23.1 Å². The highest BCUT2D eigenvalue weighted by molar-refractivity contribution is 7.91. The quantitative estimate of drug-likeness (QED) is 0.636. The number of hydrogen-bond donors (Lipinski definition) is 2. The molecule has 1 saturated heterocycles. The number of carbonyl (C=O) groups is 2. The maximum atomic E-state index is 13.0. The Balaban J connectivity index is 1.42. The van der Waals surface area contributed by atoms with Crippen molar-refractivity contribution in [2.75, 3.05) is 31.5 Å². The highest BCUT2D eigenvalue weighted by Crippen LogP contribution is 2.39. The number of thiophene rings is 2. The van der Waals surface area contributed by atoms with Crippen molar-refractivity contribution in [3.05, 3.63) is 33.5 Å². The molecular weight excluding hydrogens is 470 g/mol. The summed E-state index contributed by atoms with van der Waals surface area (Å²) in [5.41, 5.74) is 1.08. The Morgan fingerprint density at radius 2 is 1.97 bits per heavy atom. The van der Waals surface area contributed by atoms with Gasteiger partial charge < -0.3 is 10.4 Å². The second-order valence-electron chi connectivity index (χ2n) is 8.40. The first kappa shape index (κ1) is 23.4. The van der Waals surface area contributed by atoms with E-state index in [1.807, 2.05) is 4.90 Å². The predicted octanol–water partition coefficient (Wildman–Crippen LogP) is 2.97. The second-order valence-corrected chi connectivity index (χ2v) is 12.6. The maximum Gasteiger partial charge on any atom is 0.339 e. The number of carbonyl (C=O) groups excluding carboxylic acids is 1. The van der Waals surface area contributed by atoms with Gasteiger partial charge in [-0.2, -0.15) is 4.31 Å². The van der Waals surface area contributed by atoms with Crippen LogP contribution in [0.25, 0.3) is 0 Å². The number of nitrogens with one attached hydrogen (secondary N) is 1. The summed E-state index contributed by atoms with van der Waals surface area (Å²) in [6.07, 6.45) is 2.51. The summed E-state index contributed by atoms with van der Waals surface area (Å²) in [7, 11) is -3.50. The molecule has 4 rings (SSSR count). The fourth-order valence-electron chi connectivity index (χ4n) is 4.32. The van der Waals surface area contributed by atoms with Gasteiger partial charge in [0.25, 0.3) is 10.0 Å². The molecule has 1 fully saturated rings. The number of anilines is 1. The summed E-state index contributed by atoms with van der Waals surface area (Å²) < 4.78 is 27.2. The van der Waals surface area contributed by atoms with Gasteiger partial charge in [-0.3, -0.25) is 9.69 Å². The van der Waals surface area contributed by atoms with Crippen LogP contribution in [0, 0.1) is 5.92 Å². The number of hydrogen-bond acceptors (Lipinski definition) is 7. The van der Waals surface area contributed by atoms with E-state index in [1.54, 1.807) is 24.4 Å². The summed E-state index contributed by atoms with van der Waals surface area (Å²) in [6, 6.07) is 2.82. The smallest absolute Gasteiger partial charge is 0.339 e. The molecule has 8 nitrogen and oxygen atoms in total. The van der Waals surface area contributed by atoms with E-state index in [9.17, 15) is 23.1 Å². The fraction of sp³-hybridized carbons (Fsp3) is 0.524. The van der Waals surface area contributed by atoms with E-state index in [0.717, 1.165) is 29.7 Å². The lowest BCUT2D eigenvalue weighted by Crippen LogP contribution is -2.53. The average molecular weight is 498 g/mol. The van der Waals surface area contributed by atoms with Crippen molar-refractivity contribution in [3.63, 3.8) is 0 Å². The van der Waals surface area contributed by atoms with E-state index in [4.69, 9.17) is 0 Å². The molecule has 0 aromatic carbocycles. The average Bonchev–Trinajstić information content (AvgIpc) is 3.41. The summed E-state index contributed by atoms with van der Waals surface area (Å²) in [4.78, 5) is 27.8. The van der Waals surface area contributed by atoms with Crippen molar-refractivity contribution >= 4 is 49.6 Å². The van der Waals surface area contributed by atoms with Crippen LogP contribution in [-0.2, 0) is 27.7 Å². The van der Waals surface area contributed by atoms with Gasteiger partial charge in [-0.05, 0) is 49.1 Å². The lowest BCUT2D eigenvalue weighted by Gasteiger charge is -2.36. The van der Waals surface area contributed by atoms with Crippen LogP contribution in [0.1, 0.15) is 41.1 Å². The topological polar surface area (TPSA) is 107 Å². The van der Waals surface area contributed by atoms with E-state index in [-0.39, 0.29) is 11.5 Å². The monoisotopic (exact) mass is 497 g/mol. The Bertz CT molecular complexity index is 1100. The zero-order valence-corrected chi connectivity index (χ0v) is 20.5. The Morgan fingerprint density at radius 1 is 1.25 bits per heavy atom. The minimum atomic E-state index is -3.50. The van der Waals surface area contributed by atoms with Crippen LogP contribution in [0.4, 0.5) is 5.00 Å². The van der Waals surface area contributed by atoms with Crippen LogP contribution in [0.3, 0.4) is 0 Å². The van der Waals surface area contributed by atoms with Gasteiger partial charge in [0.1, 0.15) is 9.21 Å². The third-order valence-corrected chi connectivity index (χ3v) is 10.7. The van der Waals surface area contributed by atoms with Crippen LogP contribution in [0.2, 0.25) is 0 Å². The zero-order chi connectivity index (χ0) is 23.0. The Hall–Kier alpha value is -1.79. The Morgan fingerprint density at radius 3 is 2.59 bits per heavy atom. The molecule has 2 aromatic heterocycles. The minimum Gasteiger partial charge on any atom is -0.478 e. The van der Waals surface area contributed by atoms with Crippen molar-refractivity contribution in [1.82, 2.24) is 9.21 Å². The van der Waals surface area contributed by atoms with Crippen molar-refractivity contribution in [2.24, 2.45) is 5.92 Å². The summed E-state index contributed by atoms with van der Waals surface area (Å²) in [5, 5.41) is 14.7. The normalized spacial score (nSPS) is 21.1. The molecule has 32 heavy (non-hydrogen) atoms. The van der Waals surface area contributed by atoms with Crippen LogP contribution >= 0.6 is 22.7 Å². The molecule has 0 spiro atoms. The molecule has 1 amide bonds. The maximum absolute atomic E-state index is 13.0. The molecule has 0 unspecified atom stereocenters. The number of amides is 1. The van der Waals surface area contributed by atoms with Crippen LogP contribution in [0.5, 0.6) is 0 Å². The highest BCUT2D eigenvalue weighted by atomic mass is 32.2. The van der Waals surface area contributed by atoms with E-state index in [0.29, 0.717) is 41.3 Å². The summed E-state index contributed by atoms with van der Waals surface area (Å²) in [6.45, 7) is 5.41. The SMILES string of the molecule is C[C@H]1CCc2c(sc(NC(=O)[C@H](C)N3CCN(S(=O)(=O)c4cccs4)CC3)c2C(=O)O)C1. The van der Waals surface area contributed by atoms with Crippen molar-refractivity contribution in [1.29, 1.82) is 0 Å². The largest absolute Gasteiger partial charge is 0.478 e. The third kappa shape index (κ3) is 4.49. The zero-order valence-electron chi connectivity index (χ0n) is 18.0. The van der Waals surface area contributed by atoms with Gasteiger partial charge in [0.15, 0.2) is 0 Å². The van der Waals surface area contributed by atoms with Crippen molar-refractivity contribution in [2.45, 2.75) is 43.4 Å². The van der Waals surface area contributed by atoms with Gasteiger partial charge in [0.05, 0.1) is 11.6 Å². The molecule has 3 heterocycles. The van der Waals surface area contributed by atoms with Gasteiger partial charge in [-0.15, -0.1) is 22.7 Å². The first-order valence-corrected chi connectivity index (χ1v) is 13.8. The molecule has 0 bridgehead atoms. The summed E-state index contributed by atoms with van der Waals surface area (Å²) in [5.74, 6) is -0.770. The number of carboxylic acids is 1. The molecule has 1 aliphatic heterocycles. The van der Waals surface area contributed by atoms with E-state index < -0.39 is 22.0 Å². The number of piperazine rings is 1. The van der Waals surface area contributed by atoms with Crippen LogP contribution < -0.4 is 5.32 Å². The van der Waals surface area contributed by atoms with Gasteiger partial charge in [0.2, 0.25) is 5.91 Å². The van der Waals surface area contributed by atoms with Crippen molar-refractivity contribution in [3.8, 4) is 0 Å². The van der Waals surface area contributed by atoms with Gasteiger partial charge in [-0.25, -0.2) is 13.2 Å². The number of nitrogens with zero attached hydrogens (tertiary/aromatic N) is 2. The molecule has 0 radical (unpaired) electrons. The number of fused-ring (bicyclic) bond motifs is 1. The van der Waals surface area contributed by atoms with Crippen LogP contribution in [-0.4, -0.2) is 66.8 Å². The van der Waals surface area contributed by atoms with E-state index in [2.05, 4.69) is 12.2 Å². The minimum absolute atomic E-state index is 0.226. The first-order valence-electron chi connectivity index (χ1n) is 10.6. The second kappa shape index (κ2) is 9.22. The van der Waals surface area contributed by atoms with E-state index in [1.165, 1.54) is 27.0 Å². The molecule has 2 N–H and O–H groups in total. The van der Waals surface area contributed by atoms with Gasteiger partial charge >= 0.3 is 5.97 Å². The highest BCUT2D eigenvalue weighted by Gasteiger charge is 2.33. The number of carboxylic acid groups (broad SMARTS) is 1. The van der Waals surface area contributed by atoms with Crippen LogP contribution in [0.15, 0.2) is 21.7 Å². The Labute approximate surface area is 195 Å². The number of aromatic carboxylic acids is 1. The molecule has 174 valence electrons. The molecule has 11 heteroatoms. The standard InChI is InChI=1S/C21H27N3O5S3/c1-13-5-6-15-16(12-13)31-20(18(15)21(26)27)22-19(25)14(2)23-7-9-24(10-8-23)32(28,29)17-4-3-11-30-17/h3-4,11,13-14H,5-10,12H2,1-2H3,(H,22,25)(H,26,27)/t13-,14-/m0/s1. The predicted molar refractivity (Wildman–Crippen MR) is 125 cm³/mol. The molecular formula is C21H27N3O5S3. The van der Waals surface area contributed by atoms with Gasteiger partial charge in [0, 0.05) is 31.1 Å². The molecule has 0 saturated carbocycles. The fourth-order valence-corrected chi connectivity index (χ4v) is 8.29. The lowest BCUT2D eigenvalue weighted by molar-refractivity contribution is -0.121. The number of rotatable bonds is 6. The third-order valence-electron chi connectivity index (χ3n) is 6.25. The molecule has 2 aliphatic rings.